The first-order chi connectivity index (χ1) is 13.6. The summed E-state index contributed by atoms with van der Waals surface area (Å²) in [5.74, 6) is -1.45. The Morgan fingerprint density at radius 1 is 0.966 bits per heavy atom. The molecule has 0 radical (unpaired) electrons. The fourth-order valence-electron chi connectivity index (χ4n) is 2.54. The zero-order valence-electron chi connectivity index (χ0n) is 16.9. The number of ether oxygens (including phenoxy) is 2. The Labute approximate surface area is 169 Å². The molecule has 7 nitrogen and oxygen atoms in total. The number of phenols is 1. The molecule has 0 heterocycles. The van der Waals surface area contributed by atoms with Crippen molar-refractivity contribution in [2.45, 2.75) is 38.8 Å². The molecule has 2 aromatic rings. The van der Waals surface area contributed by atoms with Crippen molar-refractivity contribution in [3.63, 3.8) is 0 Å². The highest BCUT2D eigenvalue weighted by molar-refractivity contribution is 5.97. The van der Waals surface area contributed by atoms with Gasteiger partial charge in [-0.05, 0) is 62.7 Å². The molecule has 0 spiro atoms. The molecular formula is C22H25NO6. The molecule has 2 aromatic carbocycles. The fraction of sp³-hybridized carbons (Fsp3) is 0.318. The number of hydrogen-bond donors (Lipinski definition) is 2. The molecule has 2 rings (SSSR count). The number of methoxy groups -OCH3 is 1. The average Bonchev–Trinajstić information content (AvgIpc) is 2.66. The number of hydrogen-bond acceptors (Lipinski definition) is 6. The van der Waals surface area contributed by atoms with Crippen molar-refractivity contribution in [3.8, 4) is 5.75 Å². The lowest BCUT2D eigenvalue weighted by atomic mass is 10.0. The van der Waals surface area contributed by atoms with Gasteiger partial charge in [-0.15, -0.1) is 0 Å². The summed E-state index contributed by atoms with van der Waals surface area (Å²) in [5.41, 5.74) is 0.840. The fourth-order valence-corrected chi connectivity index (χ4v) is 2.54. The molecule has 0 bridgehead atoms. The lowest BCUT2D eigenvalue weighted by Crippen LogP contribution is -2.43. The third kappa shape index (κ3) is 6.64. The predicted octanol–water partition coefficient (Wildman–Crippen LogP) is 2.86. The summed E-state index contributed by atoms with van der Waals surface area (Å²) in [6.45, 7) is 5.37. The lowest BCUT2D eigenvalue weighted by molar-refractivity contribution is -0.142. The van der Waals surface area contributed by atoms with Gasteiger partial charge < -0.3 is 19.9 Å². The third-order valence-corrected chi connectivity index (χ3v) is 3.95. The Bertz CT molecular complexity index is 866. The van der Waals surface area contributed by atoms with Gasteiger partial charge in [0.1, 0.15) is 17.4 Å². The maximum absolute atomic E-state index is 12.4. The topological polar surface area (TPSA) is 102 Å². The lowest BCUT2D eigenvalue weighted by Gasteiger charge is -2.20. The molecule has 1 amide bonds. The van der Waals surface area contributed by atoms with Gasteiger partial charge in [0.2, 0.25) is 0 Å². The van der Waals surface area contributed by atoms with E-state index in [1.807, 2.05) is 0 Å². The van der Waals surface area contributed by atoms with E-state index in [0.29, 0.717) is 11.1 Å². The number of carbonyl (C=O) groups is 3. The number of phenolic OH excluding ortho intramolecular Hbond substituents is 1. The van der Waals surface area contributed by atoms with Crippen LogP contribution < -0.4 is 5.32 Å². The van der Waals surface area contributed by atoms with Crippen LogP contribution in [0.3, 0.4) is 0 Å². The monoisotopic (exact) mass is 399 g/mol. The molecule has 2 N–H and O–H groups in total. The second-order valence-corrected chi connectivity index (χ2v) is 7.50. The minimum atomic E-state index is -0.909. The Hall–Kier alpha value is -3.35. The van der Waals surface area contributed by atoms with E-state index < -0.39 is 29.5 Å². The SMILES string of the molecule is COC(=O)[C@@H](Cc1ccc(C(=O)OC(C)(C)C)cc1)NC(=O)c1ccc(O)cc1. The van der Waals surface area contributed by atoms with Gasteiger partial charge in [-0.25, -0.2) is 9.59 Å². The molecule has 0 saturated heterocycles. The van der Waals surface area contributed by atoms with Crippen LogP contribution in [-0.4, -0.2) is 41.7 Å². The molecule has 0 aliphatic carbocycles. The molecule has 0 aromatic heterocycles. The highest BCUT2D eigenvalue weighted by Crippen LogP contribution is 2.15. The molecule has 154 valence electrons. The van der Waals surface area contributed by atoms with Gasteiger partial charge in [-0.2, -0.15) is 0 Å². The first-order valence-corrected chi connectivity index (χ1v) is 9.09. The van der Waals surface area contributed by atoms with Gasteiger partial charge in [-0.3, -0.25) is 4.79 Å². The normalized spacial score (nSPS) is 12.0. The Kier molecular flexibility index (Phi) is 6.98. The van der Waals surface area contributed by atoms with E-state index in [-0.39, 0.29) is 12.2 Å². The molecule has 7 heteroatoms. The number of carbonyl (C=O) groups excluding carboxylic acids is 3. The Balaban J connectivity index is 2.10. The van der Waals surface area contributed by atoms with Crippen molar-refractivity contribution in [2.75, 3.05) is 7.11 Å². The first kappa shape index (κ1) is 21.9. The maximum atomic E-state index is 12.4. The van der Waals surface area contributed by atoms with Crippen molar-refractivity contribution in [1.82, 2.24) is 5.32 Å². The van der Waals surface area contributed by atoms with Crippen LogP contribution in [0.25, 0.3) is 0 Å². The largest absolute Gasteiger partial charge is 0.508 e. The van der Waals surface area contributed by atoms with Crippen LogP contribution in [0.4, 0.5) is 0 Å². The van der Waals surface area contributed by atoms with Gasteiger partial charge in [0.15, 0.2) is 0 Å². The van der Waals surface area contributed by atoms with Crippen molar-refractivity contribution in [1.29, 1.82) is 0 Å². The van der Waals surface area contributed by atoms with Crippen molar-refractivity contribution in [3.05, 3.63) is 65.2 Å². The van der Waals surface area contributed by atoms with E-state index in [1.54, 1.807) is 45.0 Å². The highest BCUT2D eigenvalue weighted by atomic mass is 16.6. The van der Waals surface area contributed by atoms with Crippen LogP contribution in [0.2, 0.25) is 0 Å². The van der Waals surface area contributed by atoms with Crippen LogP contribution in [0.15, 0.2) is 48.5 Å². The molecule has 1 atom stereocenters. The number of aromatic hydroxyl groups is 1. The molecule has 29 heavy (non-hydrogen) atoms. The minimum Gasteiger partial charge on any atom is -0.508 e. The average molecular weight is 399 g/mol. The molecule has 0 fully saturated rings. The second kappa shape index (κ2) is 9.23. The highest BCUT2D eigenvalue weighted by Gasteiger charge is 2.23. The number of nitrogens with one attached hydrogen (secondary N) is 1. The molecule has 0 aliphatic heterocycles. The van der Waals surface area contributed by atoms with Crippen LogP contribution in [0.1, 0.15) is 47.1 Å². The summed E-state index contributed by atoms with van der Waals surface area (Å²) in [6, 6.07) is 11.4. The summed E-state index contributed by atoms with van der Waals surface area (Å²) in [6.07, 6.45) is 0.186. The first-order valence-electron chi connectivity index (χ1n) is 9.09. The Morgan fingerprint density at radius 3 is 2.03 bits per heavy atom. The maximum Gasteiger partial charge on any atom is 0.338 e. The minimum absolute atomic E-state index is 0.0381. The quantitative estimate of drug-likeness (QED) is 0.724. The van der Waals surface area contributed by atoms with Crippen LogP contribution in [-0.2, 0) is 20.7 Å². The smallest absolute Gasteiger partial charge is 0.338 e. The number of benzene rings is 2. The number of rotatable bonds is 6. The number of amides is 1. The van der Waals surface area contributed by atoms with Gasteiger partial charge in [0.05, 0.1) is 12.7 Å². The zero-order chi connectivity index (χ0) is 21.6. The summed E-state index contributed by atoms with van der Waals surface area (Å²) in [5, 5.41) is 12.0. The zero-order valence-corrected chi connectivity index (χ0v) is 16.9. The van der Waals surface area contributed by atoms with Gasteiger partial charge in [0, 0.05) is 12.0 Å². The summed E-state index contributed by atoms with van der Waals surface area (Å²) < 4.78 is 10.1. The van der Waals surface area contributed by atoms with Gasteiger partial charge in [0.25, 0.3) is 5.91 Å². The summed E-state index contributed by atoms with van der Waals surface area (Å²) >= 11 is 0. The standard InChI is InChI=1S/C22H25NO6/c1-22(2,3)29-20(26)16-7-5-14(6-8-16)13-18(21(27)28-4)23-19(25)15-9-11-17(24)12-10-15/h5-12,18,24H,13H2,1-4H3,(H,23,25)/t18-/m1/s1. The van der Waals surface area contributed by atoms with Gasteiger partial charge >= 0.3 is 11.9 Å². The van der Waals surface area contributed by atoms with Gasteiger partial charge in [-0.1, -0.05) is 12.1 Å². The summed E-state index contributed by atoms with van der Waals surface area (Å²) in [7, 11) is 1.24. The molecular weight excluding hydrogens is 374 g/mol. The van der Waals surface area contributed by atoms with Crippen molar-refractivity contribution < 1.29 is 29.0 Å². The van der Waals surface area contributed by atoms with E-state index >= 15 is 0 Å². The third-order valence-electron chi connectivity index (χ3n) is 3.95. The molecule has 0 saturated carbocycles. The van der Waals surface area contributed by atoms with Crippen LogP contribution in [0, 0.1) is 0 Å². The predicted molar refractivity (Wildman–Crippen MR) is 107 cm³/mol. The van der Waals surface area contributed by atoms with E-state index in [9.17, 15) is 19.5 Å². The van der Waals surface area contributed by atoms with Crippen molar-refractivity contribution in [2.24, 2.45) is 0 Å². The molecule has 0 unspecified atom stereocenters. The number of esters is 2. The van der Waals surface area contributed by atoms with Crippen molar-refractivity contribution >= 4 is 17.8 Å². The van der Waals surface area contributed by atoms with E-state index in [0.717, 1.165) is 5.56 Å². The van der Waals surface area contributed by atoms with E-state index in [1.165, 1.54) is 31.4 Å². The van der Waals surface area contributed by atoms with E-state index in [2.05, 4.69) is 5.32 Å². The van der Waals surface area contributed by atoms with E-state index in [4.69, 9.17) is 9.47 Å². The molecule has 0 aliphatic rings. The second-order valence-electron chi connectivity index (χ2n) is 7.50. The van der Waals surface area contributed by atoms with Crippen LogP contribution >= 0.6 is 0 Å². The Morgan fingerprint density at radius 2 is 1.52 bits per heavy atom. The van der Waals surface area contributed by atoms with Crippen LogP contribution in [0.5, 0.6) is 5.75 Å². The summed E-state index contributed by atoms with van der Waals surface area (Å²) in [4.78, 5) is 36.6.